The first kappa shape index (κ1) is 15.2. The molecule has 2 aromatic carbocycles. The smallest absolute Gasteiger partial charge is 0.295 e. The molecular weight excluding hydrogens is 219 g/mol. The summed E-state index contributed by atoms with van der Waals surface area (Å²) in [6, 6.07) is 20.0. The van der Waals surface area contributed by atoms with E-state index in [0.717, 1.165) is 0 Å². The monoisotopic (exact) mass is 230 g/mol. The average Bonchev–Trinajstić information content (AvgIpc) is 2.87. The maximum absolute atomic E-state index is 6.47. The van der Waals surface area contributed by atoms with Gasteiger partial charge >= 0.3 is 21.7 Å². The zero-order chi connectivity index (χ0) is 9.07. The van der Waals surface area contributed by atoms with Crippen molar-refractivity contribution < 1.29 is 26.4 Å². The summed E-state index contributed by atoms with van der Waals surface area (Å²) in [5.41, 5.74) is 0. The molecule has 3 heteroatoms. The largest absolute Gasteiger partial charge is 2.00 e. The van der Waals surface area contributed by atoms with E-state index in [1.165, 1.54) is 0 Å². The van der Waals surface area contributed by atoms with E-state index >= 15 is 0 Å². The summed E-state index contributed by atoms with van der Waals surface area (Å²) < 4.78 is 6.47. The van der Waals surface area contributed by atoms with Crippen LogP contribution >= 0.6 is 11.9 Å². The first-order chi connectivity index (χ1) is 6.00. The van der Waals surface area contributed by atoms with Crippen LogP contribution in [0.4, 0.5) is 0 Å². The van der Waals surface area contributed by atoms with Gasteiger partial charge in [0.25, 0.3) is 0 Å². The molecule has 1 nitrogen and oxygen atoms in total. The summed E-state index contributed by atoms with van der Waals surface area (Å²) >= 11 is 3.64. The molecule has 0 saturated carbocycles. The van der Waals surface area contributed by atoms with Crippen molar-refractivity contribution in [2.24, 2.45) is 0 Å². The summed E-state index contributed by atoms with van der Waals surface area (Å²) in [6.07, 6.45) is 0. The molecule has 0 amide bonds. The number of hydrogen-bond donors (Lipinski definition) is 1. The molecule has 0 radical (unpaired) electrons. The zero-order valence-electron chi connectivity index (χ0n) is 7.10. The van der Waals surface area contributed by atoms with Crippen LogP contribution in [0.3, 0.4) is 0 Å². The van der Waals surface area contributed by atoms with E-state index in [1.807, 2.05) is 60.7 Å². The van der Waals surface area contributed by atoms with Crippen molar-refractivity contribution >= 4 is 11.9 Å². The van der Waals surface area contributed by atoms with Gasteiger partial charge in [-0.05, 0) is 0 Å². The van der Waals surface area contributed by atoms with Gasteiger partial charge in [0, 0.05) is 0 Å². The molecule has 0 spiro atoms. The molecule has 0 atom stereocenters. The quantitative estimate of drug-likeness (QED) is 0.545. The molecule has 0 unspecified atom stereocenters. The van der Waals surface area contributed by atoms with Crippen molar-refractivity contribution in [3.63, 3.8) is 0 Å². The van der Waals surface area contributed by atoms with Crippen LogP contribution in [-0.2, 0) is 21.7 Å². The van der Waals surface area contributed by atoms with Crippen LogP contribution in [-0.4, -0.2) is 4.66 Å². The normalized spacial score (nSPS) is 6.62. The topological polar surface area (TPSA) is 20.2 Å². The standard InChI is InChI=1S/2C5H5.ClHO.Ti/c2*1-2-4-5-3-1;1-2;/h2*1-5H;2H;/q2*-1;;+2. The molecule has 2 aromatic rings. The van der Waals surface area contributed by atoms with Gasteiger partial charge in [-0.3, -0.25) is 4.66 Å². The van der Waals surface area contributed by atoms with Crippen LogP contribution in [0.15, 0.2) is 60.7 Å². The summed E-state index contributed by atoms with van der Waals surface area (Å²) in [6.45, 7) is 0. The Morgan fingerprint density at radius 3 is 1.00 bits per heavy atom. The van der Waals surface area contributed by atoms with Crippen LogP contribution in [0.1, 0.15) is 0 Å². The van der Waals surface area contributed by atoms with Crippen LogP contribution in [0.5, 0.6) is 0 Å². The van der Waals surface area contributed by atoms with Crippen molar-refractivity contribution in [1.29, 1.82) is 0 Å². The first-order valence-corrected chi connectivity index (χ1v) is 3.84. The third-order valence-electron chi connectivity index (χ3n) is 1.11. The van der Waals surface area contributed by atoms with Crippen LogP contribution < -0.4 is 0 Å². The number of rotatable bonds is 0. The molecule has 2 rings (SSSR count). The Labute approximate surface area is 98.8 Å². The Balaban J connectivity index is 0. The van der Waals surface area contributed by atoms with E-state index < -0.39 is 0 Å². The van der Waals surface area contributed by atoms with Gasteiger partial charge in [-0.25, -0.2) is 24.3 Å². The molecule has 0 saturated heterocycles. The molecule has 0 aliphatic carbocycles. The maximum atomic E-state index is 6.47. The van der Waals surface area contributed by atoms with Gasteiger partial charge in [0.1, 0.15) is 0 Å². The second kappa shape index (κ2) is 14.2. The Bertz CT molecular complexity index is 154. The fourth-order valence-electron chi connectivity index (χ4n) is 0.642. The molecule has 1 N–H and O–H groups in total. The summed E-state index contributed by atoms with van der Waals surface area (Å²) in [5, 5.41) is 0. The van der Waals surface area contributed by atoms with Crippen molar-refractivity contribution in [3.05, 3.63) is 60.7 Å². The van der Waals surface area contributed by atoms with E-state index in [2.05, 4.69) is 11.9 Å². The molecule has 13 heavy (non-hydrogen) atoms. The van der Waals surface area contributed by atoms with Crippen LogP contribution in [0, 0.1) is 0 Å². The minimum Gasteiger partial charge on any atom is -0.295 e. The molecule has 0 aromatic heterocycles. The summed E-state index contributed by atoms with van der Waals surface area (Å²) in [4.78, 5) is 0. The summed E-state index contributed by atoms with van der Waals surface area (Å²) in [5.74, 6) is 0. The molecule has 0 aliphatic rings. The van der Waals surface area contributed by atoms with Crippen LogP contribution in [0.25, 0.3) is 0 Å². The van der Waals surface area contributed by atoms with Crippen LogP contribution in [0.2, 0.25) is 0 Å². The number of halogens is 1. The van der Waals surface area contributed by atoms with E-state index in [0.29, 0.717) is 0 Å². The van der Waals surface area contributed by atoms with Gasteiger partial charge in [0.2, 0.25) is 0 Å². The Morgan fingerprint density at radius 2 is 0.923 bits per heavy atom. The second-order valence-electron chi connectivity index (χ2n) is 1.92. The molecule has 0 bridgehead atoms. The predicted octanol–water partition coefficient (Wildman–Crippen LogP) is 2.94. The van der Waals surface area contributed by atoms with Gasteiger partial charge in [-0.2, -0.15) is 36.4 Å². The minimum absolute atomic E-state index is 0. The van der Waals surface area contributed by atoms with Crippen molar-refractivity contribution in [2.45, 2.75) is 0 Å². The van der Waals surface area contributed by atoms with Gasteiger partial charge in [0.05, 0.1) is 11.9 Å². The maximum Gasteiger partial charge on any atom is 2.00 e. The Kier molecular flexibility index (Phi) is 16.6. The first-order valence-electron chi connectivity index (χ1n) is 3.50. The van der Waals surface area contributed by atoms with Crippen molar-refractivity contribution in [3.8, 4) is 0 Å². The molecule has 0 heterocycles. The number of hydrogen-bond acceptors (Lipinski definition) is 1. The SMILES string of the molecule is OCl.[Ti+2].c1cc[cH-]c1.c1cc[cH-]c1. The molecule has 0 fully saturated rings. The van der Waals surface area contributed by atoms with Crippen molar-refractivity contribution in [2.75, 3.05) is 0 Å². The minimum atomic E-state index is 0. The van der Waals surface area contributed by atoms with E-state index in [1.54, 1.807) is 0 Å². The zero-order valence-corrected chi connectivity index (χ0v) is 9.42. The van der Waals surface area contributed by atoms with E-state index in [9.17, 15) is 0 Å². The van der Waals surface area contributed by atoms with Gasteiger partial charge in [0.15, 0.2) is 0 Å². The Morgan fingerprint density at radius 1 is 0.692 bits per heavy atom. The van der Waals surface area contributed by atoms with Gasteiger partial charge in [-0.15, -0.1) is 0 Å². The molecular formula is C10H11ClOTi. The molecule has 68 valence electrons. The third kappa shape index (κ3) is 11.7. The van der Waals surface area contributed by atoms with Gasteiger partial charge in [-0.1, -0.05) is 0 Å². The van der Waals surface area contributed by atoms with Gasteiger partial charge < -0.3 is 0 Å². The second-order valence-corrected chi connectivity index (χ2v) is 1.92. The fourth-order valence-corrected chi connectivity index (χ4v) is 0.642. The van der Waals surface area contributed by atoms with Crippen molar-refractivity contribution in [1.82, 2.24) is 0 Å². The van der Waals surface area contributed by atoms with E-state index in [-0.39, 0.29) is 21.7 Å². The summed E-state index contributed by atoms with van der Waals surface area (Å²) in [7, 11) is 0. The predicted molar refractivity (Wildman–Crippen MR) is 52.1 cm³/mol. The fraction of sp³-hybridized carbons (Fsp3) is 0. The molecule has 0 aliphatic heterocycles. The average molecular weight is 231 g/mol. The van der Waals surface area contributed by atoms with E-state index in [4.69, 9.17) is 4.66 Å². The Hall–Kier alpha value is -0.336. The third-order valence-corrected chi connectivity index (χ3v) is 1.11.